The second-order valence-corrected chi connectivity index (χ2v) is 11.7. The van der Waals surface area contributed by atoms with Crippen LogP contribution >= 0.6 is 0 Å². The van der Waals surface area contributed by atoms with E-state index >= 15 is 0 Å². The largest absolute Gasteiger partial charge is 0.497 e. The van der Waals surface area contributed by atoms with Crippen LogP contribution in [0.15, 0.2) is 115 Å². The minimum Gasteiger partial charge on any atom is -0.497 e. The molecule has 0 fully saturated rings. The molecule has 0 aliphatic heterocycles. The monoisotopic (exact) mass is 544 g/mol. The van der Waals surface area contributed by atoms with Crippen LogP contribution in [0.2, 0.25) is 0 Å². The van der Waals surface area contributed by atoms with Crippen molar-refractivity contribution < 1.29 is 14.2 Å². The molecule has 2 atom stereocenters. The normalized spacial score (nSPS) is 19.1. The summed E-state index contributed by atoms with van der Waals surface area (Å²) in [5.74, 6) is 1.73. The third kappa shape index (κ3) is 6.01. The third-order valence-electron chi connectivity index (χ3n) is 7.92. The van der Waals surface area contributed by atoms with Crippen LogP contribution in [-0.4, -0.2) is 25.4 Å². The van der Waals surface area contributed by atoms with Gasteiger partial charge in [-0.3, -0.25) is 0 Å². The van der Waals surface area contributed by atoms with Crippen LogP contribution in [0.5, 0.6) is 11.5 Å². The van der Waals surface area contributed by atoms with Gasteiger partial charge in [0.25, 0.3) is 0 Å². The van der Waals surface area contributed by atoms with E-state index in [0.29, 0.717) is 0 Å². The maximum atomic E-state index is 6.67. The predicted molar refractivity (Wildman–Crippen MR) is 170 cm³/mol. The summed E-state index contributed by atoms with van der Waals surface area (Å²) in [4.78, 5) is 0. The van der Waals surface area contributed by atoms with Crippen molar-refractivity contribution in [3.63, 3.8) is 0 Å². The maximum absolute atomic E-state index is 6.67. The summed E-state index contributed by atoms with van der Waals surface area (Å²) in [6, 6.07) is 38.2. The first-order valence-electron chi connectivity index (χ1n) is 14.3. The molecule has 0 N–H and O–H groups in total. The minimum absolute atomic E-state index is 0.0295. The number of rotatable bonds is 8. The zero-order valence-electron chi connectivity index (χ0n) is 25.0. The highest BCUT2D eigenvalue weighted by Crippen LogP contribution is 2.52. The van der Waals surface area contributed by atoms with Crippen LogP contribution in [0, 0.1) is 5.92 Å². The third-order valence-corrected chi connectivity index (χ3v) is 7.92. The molecule has 0 saturated heterocycles. The van der Waals surface area contributed by atoms with E-state index in [1.165, 1.54) is 22.3 Å². The Balaban J connectivity index is 1.75. The molecule has 4 aromatic carbocycles. The summed E-state index contributed by atoms with van der Waals surface area (Å²) in [5, 5.41) is 0. The van der Waals surface area contributed by atoms with Gasteiger partial charge < -0.3 is 14.2 Å². The predicted octanol–water partition coefficient (Wildman–Crippen LogP) is 9.14. The van der Waals surface area contributed by atoms with Gasteiger partial charge in [-0.1, -0.05) is 91.9 Å². The molecule has 5 rings (SSSR count). The van der Waals surface area contributed by atoms with Gasteiger partial charge in [0.2, 0.25) is 0 Å². The fourth-order valence-electron chi connectivity index (χ4n) is 5.97. The van der Waals surface area contributed by atoms with Gasteiger partial charge in [-0.05, 0) is 90.1 Å². The summed E-state index contributed by atoms with van der Waals surface area (Å²) in [6.07, 6.45) is 3.10. The summed E-state index contributed by atoms with van der Waals surface area (Å²) in [5.41, 5.74) is 7.46. The molecule has 1 aliphatic carbocycles. The fourth-order valence-corrected chi connectivity index (χ4v) is 5.97. The molecule has 0 bridgehead atoms. The Hall–Kier alpha value is -4.08. The summed E-state index contributed by atoms with van der Waals surface area (Å²) < 4.78 is 18.3. The average molecular weight is 545 g/mol. The zero-order chi connectivity index (χ0) is 29.0. The first-order valence-corrected chi connectivity index (χ1v) is 14.3. The first-order chi connectivity index (χ1) is 19.7. The Morgan fingerprint density at radius 2 is 1.22 bits per heavy atom. The SMILES string of the molecule is COc1ccc(C2=C(c3ccc(OC(C)(C)C)cc3)C=C(c3ccccc3)C(Cc3ccccc3)(OC)C2C)cc1. The van der Waals surface area contributed by atoms with Gasteiger partial charge in [0.1, 0.15) is 22.7 Å². The van der Waals surface area contributed by atoms with Crippen LogP contribution in [0.1, 0.15) is 49.9 Å². The van der Waals surface area contributed by atoms with Crippen LogP contribution in [0.3, 0.4) is 0 Å². The molecule has 3 heteroatoms. The molecule has 0 amide bonds. The molecular formula is C38H40O3. The van der Waals surface area contributed by atoms with E-state index in [0.717, 1.165) is 34.6 Å². The highest BCUT2D eigenvalue weighted by atomic mass is 16.5. The summed E-state index contributed by atoms with van der Waals surface area (Å²) in [6.45, 7) is 8.51. The van der Waals surface area contributed by atoms with Gasteiger partial charge in [-0.25, -0.2) is 0 Å². The van der Waals surface area contributed by atoms with Crippen molar-refractivity contribution in [2.24, 2.45) is 5.92 Å². The molecule has 2 unspecified atom stereocenters. The molecule has 0 radical (unpaired) electrons. The number of hydrogen-bond donors (Lipinski definition) is 0. The van der Waals surface area contributed by atoms with Gasteiger partial charge in [0.15, 0.2) is 0 Å². The van der Waals surface area contributed by atoms with E-state index in [2.05, 4.69) is 131 Å². The molecule has 0 aromatic heterocycles. The standard InChI is InChI=1S/C38H40O3/c1-27-36(31-19-21-32(39-5)22-20-31)34(29-17-23-33(24-18-29)41-37(2,3)4)25-35(30-15-11-8-12-16-30)38(27,40-6)26-28-13-9-7-10-14-28/h7-25,27H,26H2,1-6H3. The van der Waals surface area contributed by atoms with Crippen molar-refractivity contribution in [1.29, 1.82) is 0 Å². The molecular weight excluding hydrogens is 504 g/mol. The van der Waals surface area contributed by atoms with Crippen molar-refractivity contribution in [3.05, 3.63) is 138 Å². The fraction of sp³-hybridized carbons (Fsp3) is 0.263. The van der Waals surface area contributed by atoms with Crippen LogP contribution in [0.4, 0.5) is 0 Å². The Morgan fingerprint density at radius 3 is 1.78 bits per heavy atom. The topological polar surface area (TPSA) is 27.7 Å². The lowest BCUT2D eigenvalue weighted by Gasteiger charge is -2.45. The van der Waals surface area contributed by atoms with E-state index in [-0.39, 0.29) is 11.5 Å². The highest BCUT2D eigenvalue weighted by molar-refractivity contribution is 6.04. The van der Waals surface area contributed by atoms with Crippen molar-refractivity contribution in [3.8, 4) is 11.5 Å². The van der Waals surface area contributed by atoms with Crippen molar-refractivity contribution in [1.82, 2.24) is 0 Å². The molecule has 3 nitrogen and oxygen atoms in total. The Labute approximate surface area is 245 Å². The number of methoxy groups -OCH3 is 2. The highest BCUT2D eigenvalue weighted by Gasteiger charge is 2.46. The Kier molecular flexibility index (Phi) is 8.19. The number of allylic oxidation sites excluding steroid dienone is 2. The molecule has 41 heavy (non-hydrogen) atoms. The second kappa shape index (κ2) is 11.8. The minimum atomic E-state index is -0.587. The van der Waals surface area contributed by atoms with Gasteiger partial charge in [0.05, 0.1) is 7.11 Å². The Bertz CT molecular complexity index is 1510. The van der Waals surface area contributed by atoms with Crippen molar-refractivity contribution in [2.75, 3.05) is 14.2 Å². The molecule has 0 heterocycles. The van der Waals surface area contributed by atoms with Crippen LogP contribution < -0.4 is 9.47 Å². The second-order valence-electron chi connectivity index (χ2n) is 11.7. The lowest BCUT2D eigenvalue weighted by molar-refractivity contribution is 0.0150. The average Bonchev–Trinajstić information content (AvgIpc) is 2.98. The van der Waals surface area contributed by atoms with E-state index < -0.39 is 5.60 Å². The quantitative estimate of drug-likeness (QED) is 0.221. The van der Waals surface area contributed by atoms with Crippen molar-refractivity contribution in [2.45, 2.75) is 45.3 Å². The maximum Gasteiger partial charge on any atom is 0.120 e. The molecule has 210 valence electrons. The number of ether oxygens (including phenoxy) is 3. The lowest BCUT2D eigenvalue weighted by Crippen LogP contribution is -2.44. The van der Waals surface area contributed by atoms with E-state index in [4.69, 9.17) is 14.2 Å². The molecule has 1 aliphatic rings. The Morgan fingerprint density at radius 1 is 0.659 bits per heavy atom. The zero-order valence-corrected chi connectivity index (χ0v) is 25.0. The first kappa shape index (κ1) is 28.4. The molecule has 4 aromatic rings. The van der Waals surface area contributed by atoms with Crippen LogP contribution in [-0.2, 0) is 11.2 Å². The molecule has 0 saturated carbocycles. The lowest BCUT2D eigenvalue weighted by atomic mass is 9.65. The summed E-state index contributed by atoms with van der Waals surface area (Å²) in [7, 11) is 3.56. The number of hydrogen-bond acceptors (Lipinski definition) is 3. The smallest absolute Gasteiger partial charge is 0.120 e. The number of benzene rings is 4. The van der Waals surface area contributed by atoms with Gasteiger partial charge in [0, 0.05) is 19.4 Å². The van der Waals surface area contributed by atoms with E-state index in [1.54, 1.807) is 7.11 Å². The van der Waals surface area contributed by atoms with Gasteiger partial charge >= 0.3 is 0 Å². The van der Waals surface area contributed by atoms with Gasteiger partial charge in [-0.15, -0.1) is 0 Å². The van der Waals surface area contributed by atoms with Crippen LogP contribution in [0.25, 0.3) is 16.7 Å². The van der Waals surface area contributed by atoms with E-state index in [9.17, 15) is 0 Å². The van der Waals surface area contributed by atoms with Gasteiger partial charge in [-0.2, -0.15) is 0 Å². The summed E-state index contributed by atoms with van der Waals surface area (Å²) >= 11 is 0. The van der Waals surface area contributed by atoms with Crippen molar-refractivity contribution >= 4 is 16.7 Å². The van der Waals surface area contributed by atoms with E-state index in [1.807, 2.05) is 19.2 Å². The molecule has 0 spiro atoms.